The summed E-state index contributed by atoms with van der Waals surface area (Å²) in [7, 11) is 0. The fourth-order valence-corrected chi connectivity index (χ4v) is 5.76. The van der Waals surface area contributed by atoms with E-state index in [9.17, 15) is 9.18 Å². The summed E-state index contributed by atoms with van der Waals surface area (Å²) in [6.07, 6.45) is 6.24. The molecule has 7 heteroatoms. The standard InChI is InChI=1S/C20H24FN5O/c21-16-4-3-14(8-12(16)10-22)23-19(27)26-7-5-17-15(11-26)18(25-24-17)20-6-1-2-13(20)9-20/h3-4,8,13,15,17-18,24-25H,1-2,5-7,9,11H2,(H,23,27). The van der Waals surface area contributed by atoms with Gasteiger partial charge in [-0.15, -0.1) is 0 Å². The Morgan fingerprint density at radius 2 is 2.26 bits per heavy atom. The molecule has 5 rings (SSSR count). The minimum atomic E-state index is -0.572. The molecule has 5 unspecified atom stereocenters. The van der Waals surface area contributed by atoms with Crippen LogP contribution in [0.15, 0.2) is 18.2 Å². The number of hydrogen-bond acceptors (Lipinski definition) is 4. The fraction of sp³-hybridized carbons (Fsp3) is 0.600. The van der Waals surface area contributed by atoms with Crippen LogP contribution < -0.4 is 16.2 Å². The van der Waals surface area contributed by atoms with Crippen LogP contribution in [0, 0.1) is 34.4 Å². The van der Waals surface area contributed by atoms with Crippen LogP contribution in [0.5, 0.6) is 0 Å². The molecule has 3 N–H and O–H groups in total. The first-order valence-corrected chi connectivity index (χ1v) is 9.87. The van der Waals surface area contributed by atoms with Crippen molar-refractivity contribution < 1.29 is 9.18 Å². The van der Waals surface area contributed by atoms with Crippen molar-refractivity contribution in [3.63, 3.8) is 0 Å². The quantitative estimate of drug-likeness (QED) is 0.749. The van der Waals surface area contributed by atoms with Gasteiger partial charge in [-0.25, -0.2) is 9.18 Å². The van der Waals surface area contributed by atoms with Gasteiger partial charge in [-0.2, -0.15) is 5.26 Å². The summed E-state index contributed by atoms with van der Waals surface area (Å²) in [6.45, 7) is 1.42. The van der Waals surface area contributed by atoms with Crippen molar-refractivity contribution in [2.75, 3.05) is 18.4 Å². The average molecular weight is 369 g/mol. The number of nitriles is 1. The minimum absolute atomic E-state index is 0.0594. The van der Waals surface area contributed by atoms with Crippen molar-refractivity contribution >= 4 is 11.7 Å². The lowest BCUT2D eigenvalue weighted by atomic mass is 9.79. The average Bonchev–Trinajstić information content (AvgIpc) is 3.04. The van der Waals surface area contributed by atoms with Gasteiger partial charge in [0.25, 0.3) is 0 Å². The lowest BCUT2D eigenvalue weighted by Gasteiger charge is -2.38. The molecule has 4 aliphatic rings. The lowest BCUT2D eigenvalue weighted by molar-refractivity contribution is 0.150. The second kappa shape index (κ2) is 6.18. The molecule has 4 fully saturated rings. The molecule has 2 aliphatic carbocycles. The van der Waals surface area contributed by atoms with Crippen molar-refractivity contribution in [1.29, 1.82) is 5.26 Å². The van der Waals surface area contributed by atoms with Crippen LogP contribution in [0.25, 0.3) is 0 Å². The summed E-state index contributed by atoms with van der Waals surface area (Å²) in [5.74, 6) is 0.718. The van der Waals surface area contributed by atoms with Crippen molar-refractivity contribution in [3.05, 3.63) is 29.6 Å². The highest BCUT2D eigenvalue weighted by molar-refractivity contribution is 5.89. The molecule has 2 aliphatic heterocycles. The summed E-state index contributed by atoms with van der Waals surface area (Å²) in [6, 6.07) is 6.59. The molecule has 5 atom stereocenters. The molecule has 2 saturated carbocycles. The first kappa shape index (κ1) is 17.0. The van der Waals surface area contributed by atoms with Crippen LogP contribution in [-0.4, -0.2) is 36.1 Å². The summed E-state index contributed by atoms with van der Waals surface area (Å²) in [5.41, 5.74) is 7.89. The Kier molecular flexibility index (Phi) is 3.88. The van der Waals surface area contributed by atoms with Crippen LogP contribution >= 0.6 is 0 Å². The molecule has 2 amide bonds. The van der Waals surface area contributed by atoms with E-state index in [1.165, 1.54) is 43.9 Å². The Labute approximate surface area is 158 Å². The van der Waals surface area contributed by atoms with Crippen LogP contribution in [0.1, 0.15) is 37.7 Å². The number of hydrazine groups is 1. The maximum atomic E-state index is 13.5. The second-order valence-electron chi connectivity index (χ2n) is 8.53. The summed E-state index contributed by atoms with van der Waals surface area (Å²) >= 11 is 0. The van der Waals surface area contributed by atoms with Gasteiger partial charge >= 0.3 is 6.03 Å². The fourth-order valence-electron chi connectivity index (χ4n) is 5.76. The zero-order chi connectivity index (χ0) is 18.6. The van der Waals surface area contributed by atoms with Gasteiger partial charge in [0.15, 0.2) is 0 Å². The lowest BCUT2D eigenvalue weighted by Crippen LogP contribution is -2.51. The minimum Gasteiger partial charge on any atom is -0.324 e. The molecule has 142 valence electrons. The number of rotatable bonds is 2. The Hall–Kier alpha value is -2.17. The largest absolute Gasteiger partial charge is 0.324 e. The number of anilines is 1. The number of nitrogens with zero attached hydrogens (tertiary/aromatic N) is 2. The van der Waals surface area contributed by atoms with Crippen molar-refractivity contribution in [1.82, 2.24) is 15.8 Å². The predicted molar refractivity (Wildman–Crippen MR) is 98.1 cm³/mol. The number of fused-ring (bicyclic) bond motifs is 2. The molecule has 2 heterocycles. The van der Waals surface area contributed by atoms with Gasteiger partial charge in [-0.3, -0.25) is 10.9 Å². The van der Waals surface area contributed by atoms with Gasteiger partial charge in [0.05, 0.1) is 5.56 Å². The van der Waals surface area contributed by atoms with E-state index in [1.54, 1.807) is 0 Å². The van der Waals surface area contributed by atoms with E-state index in [4.69, 9.17) is 5.26 Å². The highest BCUT2D eigenvalue weighted by Crippen LogP contribution is 2.67. The van der Waals surface area contributed by atoms with Gasteiger partial charge in [0.2, 0.25) is 0 Å². The highest BCUT2D eigenvalue weighted by atomic mass is 19.1. The van der Waals surface area contributed by atoms with E-state index < -0.39 is 5.82 Å². The zero-order valence-corrected chi connectivity index (χ0v) is 15.2. The predicted octanol–water partition coefficient (Wildman–Crippen LogP) is 2.59. The molecule has 27 heavy (non-hydrogen) atoms. The number of piperidine rings is 1. The van der Waals surface area contributed by atoms with Crippen molar-refractivity contribution in [2.24, 2.45) is 17.3 Å². The summed E-state index contributed by atoms with van der Waals surface area (Å²) in [5, 5.41) is 11.8. The first-order valence-electron chi connectivity index (χ1n) is 9.87. The molecule has 1 aromatic rings. The molecule has 2 saturated heterocycles. The highest BCUT2D eigenvalue weighted by Gasteiger charge is 2.64. The Morgan fingerprint density at radius 1 is 1.37 bits per heavy atom. The molecule has 0 bridgehead atoms. The van der Waals surface area contributed by atoms with E-state index >= 15 is 0 Å². The Bertz CT molecular complexity index is 823. The number of nitrogens with one attached hydrogen (secondary N) is 3. The van der Waals surface area contributed by atoms with E-state index in [1.807, 2.05) is 11.0 Å². The van der Waals surface area contributed by atoms with Gasteiger partial charge < -0.3 is 10.2 Å². The van der Waals surface area contributed by atoms with Crippen LogP contribution in [0.2, 0.25) is 0 Å². The summed E-state index contributed by atoms with van der Waals surface area (Å²) in [4.78, 5) is 14.6. The monoisotopic (exact) mass is 369 g/mol. The molecule has 0 spiro atoms. The van der Waals surface area contributed by atoms with Gasteiger partial charge in [-0.1, -0.05) is 6.42 Å². The number of urea groups is 1. The summed E-state index contributed by atoms with van der Waals surface area (Å²) < 4.78 is 13.5. The SMILES string of the molecule is N#Cc1cc(NC(=O)N2CCC3NNC(C45CCCC4C5)C3C2)ccc1F. The number of carbonyl (C=O) groups excluding carboxylic acids is 1. The topological polar surface area (TPSA) is 80.2 Å². The third-order valence-corrected chi connectivity index (χ3v) is 7.23. The number of amides is 2. The molecular formula is C20H24FN5O. The molecule has 0 radical (unpaired) electrons. The Balaban J connectivity index is 1.28. The van der Waals surface area contributed by atoms with Crippen molar-refractivity contribution in [2.45, 2.75) is 44.2 Å². The third kappa shape index (κ3) is 2.70. The normalized spacial score (nSPS) is 36.7. The third-order valence-electron chi connectivity index (χ3n) is 7.23. The maximum absolute atomic E-state index is 13.5. The number of benzene rings is 1. The smallest absolute Gasteiger partial charge is 0.321 e. The van der Waals surface area contributed by atoms with Gasteiger partial charge in [0.1, 0.15) is 11.9 Å². The number of hydrogen-bond donors (Lipinski definition) is 3. The maximum Gasteiger partial charge on any atom is 0.321 e. The van der Waals surface area contributed by atoms with Crippen LogP contribution in [0.3, 0.4) is 0 Å². The van der Waals surface area contributed by atoms with Gasteiger partial charge in [-0.05, 0) is 55.2 Å². The Morgan fingerprint density at radius 3 is 3.00 bits per heavy atom. The first-order chi connectivity index (χ1) is 13.1. The van der Waals surface area contributed by atoms with E-state index in [2.05, 4.69) is 16.2 Å². The zero-order valence-electron chi connectivity index (χ0n) is 15.2. The van der Waals surface area contributed by atoms with Gasteiger partial charge in [0, 0.05) is 36.8 Å². The van der Waals surface area contributed by atoms with Crippen LogP contribution in [-0.2, 0) is 0 Å². The van der Waals surface area contributed by atoms with E-state index in [0.717, 1.165) is 18.9 Å². The van der Waals surface area contributed by atoms with Crippen molar-refractivity contribution in [3.8, 4) is 6.07 Å². The number of carbonyl (C=O) groups is 1. The molecule has 0 aromatic heterocycles. The van der Waals surface area contributed by atoms with Crippen LogP contribution in [0.4, 0.5) is 14.9 Å². The second-order valence-corrected chi connectivity index (χ2v) is 8.53. The number of halogens is 1. The number of likely N-dealkylation sites (tertiary alicyclic amines) is 1. The molecular weight excluding hydrogens is 345 g/mol. The molecule has 6 nitrogen and oxygen atoms in total. The molecule has 1 aromatic carbocycles. The van der Waals surface area contributed by atoms with E-state index in [0.29, 0.717) is 35.6 Å². The van der Waals surface area contributed by atoms with E-state index in [-0.39, 0.29) is 11.6 Å².